The number of fused-ring (bicyclic) bond motifs is 1. The number of anilines is 1. The molecule has 2 aromatic rings. The lowest BCUT2D eigenvalue weighted by Gasteiger charge is -2.35. The molecule has 0 radical (unpaired) electrons. The van der Waals surface area contributed by atoms with Gasteiger partial charge in [0.05, 0.1) is 5.39 Å². The summed E-state index contributed by atoms with van der Waals surface area (Å²) < 4.78 is 42.9. The van der Waals surface area contributed by atoms with Crippen LogP contribution in [0.15, 0.2) is 6.07 Å². The molecule has 1 saturated heterocycles. The third kappa shape index (κ3) is 5.53. The maximum Gasteiger partial charge on any atom is 0.397 e. The number of hydrogen-bond acceptors (Lipinski definition) is 8. The van der Waals surface area contributed by atoms with Gasteiger partial charge in [-0.05, 0) is 12.5 Å². The van der Waals surface area contributed by atoms with Crippen molar-refractivity contribution in [2.75, 3.05) is 37.6 Å². The van der Waals surface area contributed by atoms with Crippen molar-refractivity contribution in [3.63, 3.8) is 0 Å². The molecule has 0 unspecified atom stereocenters. The maximum absolute atomic E-state index is 12.5. The zero-order chi connectivity index (χ0) is 22.8. The topological polar surface area (TPSA) is 122 Å². The number of aryl methyl sites for hydroxylation is 1. The summed E-state index contributed by atoms with van der Waals surface area (Å²) in [5.74, 6) is -1.72. The Morgan fingerprint density at radius 1 is 1.29 bits per heavy atom. The monoisotopic (exact) mass is 461 g/mol. The lowest BCUT2D eigenvalue weighted by molar-refractivity contribution is -0.161. The van der Waals surface area contributed by atoms with Crippen molar-refractivity contribution in [1.29, 1.82) is 0 Å². The molecule has 1 aliphatic heterocycles. The molecule has 0 spiro atoms. The molecule has 2 aromatic heterocycles. The molecule has 1 atom stereocenters. The number of piperazine rings is 1. The van der Waals surface area contributed by atoms with E-state index in [1.807, 2.05) is 17.9 Å². The molecule has 170 valence electrons. The summed E-state index contributed by atoms with van der Waals surface area (Å²) in [6.07, 6.45) is -6.58. The summed E-state index contributed by atoms with van der Waals surface area (Å²) in [4.78, 5) is 36.4. The van der Waals surface area contributed by atoms with Crippen molar-refractivity contribution in [1.82, 2.24) is 14.9 Å². The van der Waals surface area contributed by atoms with Crippen molar-refractivity contribution in [2.24, 2.45) is 5.73 Å². The molecule has 9 nitrogen and oxygen atoms in total. The fourth-order valence-electron chi connectivity index (χ4n) is 3.18. The summed E-state index contributed by atoms with van der Waals surface area (Å²) in [5, 5.41) is 9.92. The smallest absolute Gasteiger partial charge is 0.397 e. The van der Waals surface area contributed by atoms with E-state index < -0.39 is 30.6 Å². The van der Waals surface area contributed by atoms with E-state index in [2.05, 4.69) is 9.97 Å². The van der Waals surface area contributed by atoms with Crippen LogP contribution in [0.5, 0.6) is 6.01 Å². The van der Waals surface area contributed by atoms with Crippen molar-refractivity contribution < 1.29 is 32.6 Å². The number of ether oxygens (including phenoxy) is 1. The van der Waals surface area contributed by atoms with Crippen LogP contribution < -0.4 is 15.4 Å². The zero-order valence-corrected chi connectivity index (χ0v) is 17.5. The van der Waals surface area contributed by atoms with Crippen LogP contribution in [-0.2, 0) is 16.0 Å². The third-order valence-corrected chi connectivity index (χ3v) is 5.95. The van der Waals surface area contributed by atoms with Crippen LogP contribution in [0.3, 0.4) is 0 Å². The second kappa shape index (κ2) is 9.22. The molecule has 3 N–H and O–H groups in total. The Morgan fingerprint density at radius 2 is 1.97 bits per heavy atom. The van der Waals surface area contributed by atoms with Crippen LogP contribution in [0, 0.1) is 0 Å². The molecule has 0 bridgehead atoms. The summed E-state index contributed by atoms with van der Waals surface area (Å²) in [5.41, 5.74) is 5.44. The first-order chi connectivity index (χ1) is 14.6. The Hall–Kier alpha value is -2.67. The molecule has 3 rings (SSSR count). The van der Waals surface area contributed by atoms with E-state index >= 15 is 0 Å². The number of carboxylic acids is 1. The van der Waals surface area contributed by atoms with Gasteiger partial charge < -0.3 is 25.4 Å². The van der Waals surface area contributed by atoms with E-state index in [4.69, 9.17) is 10.5 Å². The number of thiophene rings is 1. The summed E-state index contributed by atoms with van der Waals surface area (Å²) in [6.45, 7) is 2.48. The number of carbonyl (C=O) groups excluding carboxylic acids is 1. The highest BCUT2D eigenvalue weighted by atomic mass is 32.1. The highest BCUT2D eigenvalue weighted by Crippen LogP contribution is 2.33. The predicted octanol–water partition coefficient (Wildman–Crippen LogP) is 1.65. The number of amides is 1. The van der Waals surface area contributed by atoms with E-state index in [-0.39, 0.29) is 38.7 Å². The number of nitrogens with zero attached hydrogens (tertiary/aromatic N) is 4. The Bertz CT molecular complexity index is 960. The minimum absolute atomic E-state index is 0.113. The van der Waals surface area contributed by atoms with Crippen molar-refractivity contribution in [2.45, 2.75) is 32.0 Å². The molecule has 31 heavy (non-hydrogen) atoms. The molecule has 3 heterocycles. The van der Waals surface area contributed by atoms with Crippen molar-refractivity contribution >= 4 is 39.2 Å². The number of nitrogens with two attached hydrogens (primary N) is 1. The minimum atomic E-state index is -4.55. The normalized spacial score (nSPS) is 15.9. The van der Waals surface area contributed by atoms with Gasteiger partial charge in [-0.3, -0.25) is 4.79 Å². The molecule has 0 aliphatic carbocycles. The Kier molecular flexibility index (Phi) is 6.84. The van der Waals surface area contributed by atoms with E-state index in [0.29, 0.717) is 10.6 Å². The standard InChI is InChI=1S/C18H22F3N5O4S/c1-2-10-7-11-14(23-17(24-15(11)31-10)30-12(9-22)16(28)29)26-5-3-25(4-6-26)13(27)8-18(19,20)21/h7,12H,2-6,8-9,22H2,1H3,(H,28,29)/t12-/m0/s1. The fourth-order valence-corrected chi connectivity index (χ4v) is 4.14. The van der Waals surface area contributed by atoms with Crippen molar-refractivity contribution in [3.05, 3.63) is 10.9 Å². The first-order valence-electron chi connectivity index (χ1n) is 9.60. The minimum Gasteiger partial charge on any atom is -0.478 e. The largest absolute Gasteiger partial charge is 0.478 e. The number of aliphatic carboxylic acids is 1. The Balaban J connectivity index is 1.84. The highest BCUT2D eigenvalue weighted by molar-refractivity contribution is 7.18. The zero-order valence-electron chi connectivity index (χ0n) is 16.7. The second-order valence-electron chi connectivity index (χ2n) is 6.96. The average molecular weight is 461 g/mol. The SMILES string of the molecule is CCc1cc2c(N3CCN(C(=O)CC(F)(F)F)CC3)nc(O[C@@H](CN)C(=O)O)nc2s1. The molecule has 1 fully saturated rings. The summed E-state index contributed by atoms with van der Waals surface area (Å²) in [7, 11) is 0. The number of carbonyl (C=O) groups is 2. The van der Waals surface area contributed by atoms with Gasteiger partial charge in [0.1, 0.15) is 17.1 Å². The van der Waals surface area contributed by atoms with Gasteiger partial charge in [0, 0.05) is 37.6 Å². The van der Waals surface area contributed by atoms with Gasteiger partial charge in [0.15, 0.2) is 0 Å². The van der Waals surface area contributed by atoms with Crippen LogP contribution >= 0.6 is 11.3 Å². The Morgan fingerprint density at radius 3 is 2.52 bits per heavy atom. The fraction of sp³-hybridized carbons (Fsp3) is 0.556. The Labute approximate surface area is 179 Å². The lowest BCUT2D eigenvalue weighted by Crippen LogP contribution is -2.49. The lowest BCUT2D eigenvalue weighted by atomic mass is 10.2. The number of halogens is 3. The summed E-state index contributed by atoms with van der Waals surface area (Å²) in [6, 6.07) is 1.79. The van der Waals surface area contributed by atoms with Crippen LogP contribution in [0.4, 0.5) is 19.0 Å². The van der Waals surface area contributed by atoms with Gasteiger partial charge in [0.25, 0.3) is 0 Å². The molecular weight excluding hydrogens is 439 g/mol. The van der Waals surface area contributed by atoms with E-state index in [0.717, 1.165) is 16.7 Å². The van der Waals surface area contributed by atoms with Crippen LogP contribution in [0.2, 0.25) is 0 Å². The van der Waals surface area contributed by atoms with Crippen LogP contribution in [0.25, 0.3) is 10.2 Å². The molecular formula is C18H22F3N5O4S. The van der Waals surface area contributed by atoms with Gasteiger partial charge in [-0.1, -0.05) is 6.92 Å². The van der Waals surface area contributed by atoms with E-state index in [1.54, 1.807) is 0 Å². The third-order valence-electron chi connectivity index (χ3n) is 4.77. The second-order valence-corrected chi connectivity index (χ2v) is 8.07. The molecule has 1 aliphatic rings. The molecule has 1 amide bonds. The van der Waals surface area contributed by atoms with Gasteiger partial charge in [-0.15, -0.1) is 11.3 Å². The summed E-state index contributed by atoms with van der Waals surface area (Å²) >= 11 is 1.42. The van der Waals surface area contributed by atoms with Crippen LogP contribution in [-0.4, -0.2) is 76.9 Å². The first-order valence-corrected chi connectivity index (χ1v) is 10.4. The number of rotatable bonds is 7. The molecule has 13 heteroatoms. The average Bonchev–Trinajstić information content (AvgIpc) is 3.13. The van der Waals surface area contributed by atoms with Gasteiger partial charge in [-0.2, -0.15) is 23.1 Å². The van der Waals surface area contributed by atoms with Crippen molar-refractivity contribution in [3.8, 4) is 6.01 Å². The van der Waals surface area contributed by atoms with Gasteiger partial charge in [-0.25, -0.2) is 4.79 Å². The quantitative estimate of drug-likeness (QED) is 0.638. The van der Waals surface area contributed by atoms with Crippen LogP contribution in [0.1, 0.15) is 18.2 Å². The maximum atomic E-state index is 12.5. The van der Waals surface area contributed by atoms with Gasteiger partial charge in [0.2, 0.25) is 12.0 Å². The number of carboxylic acid groups (broad SMARTS) is 1. The highest BCUT2D eigenvalue weighted by Gasteiger charge is 2.35. The van der Waals surface area contributed by atoms with E-state index in [1.165, 1.54) is 16.2 Å². The predicted molar refractivity (Wildman–Crippen MR) is 107 cm³/mol. The first kappa shape index (κ1) is 23.0. The van der Waals surface area contributed by atoms with E-state index in [9.17, 15) is 27.9 Å². The molecule has 0 aromatic carbocycles. The number of alkyl halides is 3. The van der Waals surface area contributed by atoms with Gasteiger partial charge >= 0.3 is 18.2 Å². The number of hydrogen-bond donors (Lipinski definition) is 2. The molecule has 0 saturated carbocycles. The number of aromatic nitrogens is 2.